The summed E-state index contributed by atoms with van der Waals surface area (Å²) in [4.78, 5) is 24.5. The van der Waals surface area contributed by atoms with E-state index in [-0.39, 0.29) is 11.5 Å². The van der Waals surface area contributed by atoms with Crippen LogP contribution in [0.4, 0.5) is 11.4 Å². The normalized spacial score (nSPS) is 13.4. The molecule has 0 aromatic heterocycles. The zero-order chi connectivity index (χ0) is 19.3. The van der Waals surface area contributed by atoms with Crippen LogP contribution in [0, 0.1) is 16.0 Å². The lowest BCUT2D eigenvalue weighted by Gasteiger charge is -2.16. The van der Waals surface area contributed by atoms with Crippen molar-refractivity contribution in [2.24, 2.45) is 5.92 Å². The first kappa shape index (κ1) is 19.3. The minimum absolute atomic E-state index is 0.0546. The number of non-ortho nitro benzene ring substituents is 1. The average Bonchev–Trinajstić information content (AvgIpc) is 2.65. The summed E-state index contributed by atoms with van der Waals surface area (Å²) in [5.41, 5.74) is 2.37. The highest BCUT2D eigenvalue weighted by molar-refractivity contribution is 5.95. The van der Waals surface area contributed by atoms with Gasteiger partial charge in [-0.2, -0.15) is 0 Å². The summed E-state index contributed by atoms with van der Waals surface area (Å²) in [5.74, 6) is -0.874. The molecule has 6 nitrogen and oxygen atoms in total. The Balaban J connectivity index is 2.04. The minimum Gasteiger partial charge on any atom is -0.388 e. The van der Waals surface area contributed by atoms with Crippen LogP contribution in [0.2, 0.25) is 0 Å². The molecule has 2 atom stereocenters. The molecule has 0 heterocycles. The predicted octanol–water partition coefficient (Wildman–Crippen LogP) is 3.61. The van der Waals surface area contributed by atoms with Gasteiger partial charge in [-0.05, 0) is 41.5 Å². The fraction of sp³-hybridized carbons (Fsp3) is 0.250. The van der Waals surface area contributed by atoms with E-state index in [2.05, 4.69) is 0 Å². The van der Waals surface area contributed by atoms with Crippen LogP contribution in [0.1, 0.15) is 24.2 Å². The molecular formula is C20H22N2O4. The van der Waals surface area contributed by atoms with Crippen LogP contribution in [0.15, 0.2) is 54.6 Å². The van der Waals surface area contributed by atoms with Gasteiger partial charge in [0.2, 0.25) is 0 Å². The Morgan fingerprint density at radius 3 is 2.19 bits per heavy atom. The van der Waals surface area contributed by atoms with Crippen molar-refractivity contribution in [3.8, 4) is 0 Å². The van der Waals surface area contributed by atoms with Crippen LogP contribution in [-0.4, -0.2) is 29.9 Å². The lowest BCUT2D eigenvalue weighted by atomic mass is 9.93. The topological polar surface area (TPSA) is 83.7 Å². The number of rotatable bonds is 7. The Kier molecular flexibility index (Phi) is 6.25. The first-order valence-electron chi connectivity index (χ1n) is 8.21. The van der Waals surface area contributed by atoms with E-state index in [1.54, 1.807) is 13.0 Å². The molecule has 0 fully saturated rings. The van der Waals surface area contributed by atoms with Gasteiger partial charge in [-0.15, -0.1) is 0 Å². The van der Waals surface area contributed by atoms with Crippen molar-refractivity contribution in [3.05, 3.63) is 75.8 Å². The maximum atomic E-state index is 12.3. The molecule has 0 spiro atoms. The number of aliphatic hydroxyl groups is 1. The van der Waals surface area contributed by atoms with E-state index in [0.717, 1.165) is 11.3 Å². The molecule has 0 aliphatic rings. The summed E-state index contributed by atoms with van der Waals surface area (Å²) in [6.45, 7) is 1.63. The fourth-order valence-electron chi connectivity index (χ4n) is 2.45. The number of benzene rings is 2. The maximum absolute atomic E-state index is 12.3. The Morgan fingerprint density at radius 1 is 1.12 bits per heavy atom. The van der Waals surface area contributed by atoms with Crippen LogP contribution in [0.25, 0.3) is 6.08 Å². The van der Waals surface area contributed by atoms with Crippen LogP contribution in [0.3, 0.4) is 0 Å². The number of nitro benzene ring substituents is 1. The van der Waals surface area contributed by atoms with Gasteiger partial charge < -0.3 is 10.0 Å². The van der Waals surface area contributed by atoms with E-state index in [1.165, 1.54) is 30.3 Å². The van der Waals surface area contributed by atoms with Crippen LogP contribution in [-0.2, 0) is 4.79 Å². The molecule has 0 unspecified atom stereocenters. The van der Waals surface area contributed by atoms with Gasteiger partial charge in [0.15, 0.2) is 5.78 Å². The highest BCUT2D eigenvalue weighted by atomic mass is 16.6. The van der Waals surface area contributed by atoms with E-state index in [1.807, 2.05) is 43.3 Å². The molecule has 0 aliphatic heterocycles. The first-order chi connectivity index (χ1) is 12.3. The number of carbonyl (C=O) groups excluding carboxylic acids is 1. The fourth-order valence-corrected chi connectivity index (χ4v) is 2.45. The smallest absolute Gasteiger partial charge is 0.269 e. The highest BCUT2D eigenvalue weighted by Crippen LogP contribution is 2.25. The maximum Gasteiger partial charge on any atom is 0.269 e. The van der Waals surface area contributed by atoms with E-state index in [0.29, 0.717) is 5.56 Å². The molecule has 0 aliphatic carbocycles. The number of nitro groups is 1. The molecule has 1 N–H and O–H groups in total. The molecule has 0 radical (unpaired) electrons. The van der Waals surface area contributed by atoms with Crippen LogP contribution in [0.5, 0.6) is 0 Å². The van der Waals surface area contributed by atoms with Gasteiger partial charge >= 0.3 is 0 Å². The lowest BCUT2D eigenvalue weighted by molar-refractivity contribution is -0.384. The molecule has 2 rings (SSSR count). The third-order valence-electron chi connectivity index (χ3n) is 4.22. The van der Waals surface area contributed by atoms with E-state index in [9.17, 15) is 20.0 Å². The number of allylic oxidation sites excluding steroid dienone is 1. The van der Waals surface area contributed by atoms with Crippen molar-refractivity contribution < 1.29 is 14.8 Å². The molecule has 0 saturated carbocycles. The zero-order valence-electron chi connectivity index (χ0n) is 15.0. The Labute approximate surface area is 152 Å². The molecule has 0 bridgehead atoms. The molecule has 136 valence electrons. The monoisotopic (exact) mass is 354 g/mol. The number of carbonyl (C=O) groups is 1. The molecule has 0 saturated heterocycles. The van der Waals surface area contributed by atoms with Gasteiger partial charge in [-0.3, -0.25) is 14.9 Å². The third-order valence-corrected chi connectivity index (χ3v) is 4.22. The SMILES string of the molecule is C[C@@H](C(=O)/C=C/c1ccc(N(C)C)cc1)[C@@H](O)c1ccc([N+](=O)[O-])cc1. The Hall–Kier alpha value is -2.99. The summed E-state index contributed by atoms with van der Waals surface area (Å²) in [5, 5.41) is 21.0. The number of anilines is 1. The van der Waals surface area contributed by atoms with Crippen LogP contribution >= 0.6 is 0 Å². The molecular weight excluding hydrogens is 332 g/mol. The second-order valence-electron chi connectivity index (χ2n) is 6.30. The summed E-state index contributed by atoms with van der Waals surface area (Å²) in [6.07, 6.45) is 2.13. The van der Waals surface area contributed by atoms with Gasteiger partial charge in [0.05, 0.1) is 11.0 Å². The van der Waals surface area contributed by atoms with Gasteiger partial charge in [0.25, 0.3) is 5.69 Å². The number of aliphatic hydroxyl groups excluding tert-OH is 1. The summed E-state index contributed by atoms with van der Waals surface area (Å²) in [7, 11) is 3.91. The molecule has 6 heteroatoms. The van der Waals surface area contributed by atoms with Gasteiger partial charge in [0, 0.05) is 37.8 Å². The Bertz CT molecular complexity index is 796. The van der Waals surface area contributed by atoms with Crippen molar-refractivity contribution >= 4 is 23.2 Å². The van der Waals surface area contributed by atoms with Crippen molar-refractivity contribution in [1.82, 2.24) is 0 Å². The van der Waals surface area contributed by atoms with Gasteiger partial charge in [-0.25, -0.2) is 0 Å². The highest BCUT2D eigenvalue weighted by Gasteiger charge is 2.22. The van der Waals surface area contributed by atoms with Gasteiger partial charge in [-0.1, -0.05) is 25.1 Å². The van der Waals surface area contributed by atoms with Crippen molar-refractivity contribution in [3.63, 3.8) is 0 Å². The molecule has 0 amide bonds. The largest absolute Gasteiger partial charge is 0.388 e. The van der Waals surface area contributed by atoms with Crippen molar-refractivity contribution in [1.29, 1.82) is 0 Å². The first-order valence-corrected chi connectivity index (χ1v) is 8.21. The Morgan fingerprint density at radius 2 is 1.69 bits per heavy atom. The summed E-state index contributed by atoms with van der Waals surface area (Å²) in [6, 6.07) is 13.3. The second-order valence-corrected chi connectivity index (χ2v) is 6.30. The summed E-state index contributed by atoms with van der Waals surface area (Å²) >= 11 is 0. The molecule has 2 aromatic carbocycles. The van der Waals surface area contributed by atoms with Crippen molar-refractivity contribution in [2.75, 3.05) is 19.0 Å². The van der Waals surface area contributed by atoms with E-state index >= 15 is 0 Å². The van der Waals surface area contributed by atoms with Gasteiger partial charge in [0.1, 0.15) is 0 Å². The number of nitrogens with zero attached hydrogens (tertiary/aromatic N) is 2. The zero-order valence-corrected chi connectivity index (χ0v) is 15.0. The number of hydrogen-bond donors (Lipinski definition) is 1. The molecule has 2 aromatic rings. The summed E-state index contributed by atoms with van der Waals surface area (Å²) < 4.78 is 0. The standard InChI is InChI=1S/C20H22N2O4/c1-14(20(24)16-7-11-18(12-8-16)22(25)26)19(23)13-6-15-4-9-17(10-5-15)21(2)3/h4-14,20,24H,1-3H3/b13-6+/t14-,20+/m0/s1. The quantitative estimate of drug-likeness (QED) is 0.466. The average molecular weight is 354 g/mol. The van der Waals surface area contributed by atoms with Crippen LogP contribution < -0.4 is 4.90 Å². The predicted molar refractivity (Wildman–Crippen MR) is 102 cm³/mol. The van der Waals surface area contributed by atoms with Crippen molar-refractivity contribution in [2.45, 2.75) is 13.0 Å². The second kappa shape index (κ2) is 8.40. The van der Waals surface area contributed by atoms with E-state index in [4.69, 9.17) is 0 Å². The third kappa shape index (κ3) is 4.77. The van der Waals surface area contributed by atoms with E-state index < -0.39 is 16.9 Å². The lowest BCUT2D eigenvalue weighted by Crippen LogP contribution is -2.17. The number of ketones is 1. The minimum atomic E-state index is -1.02. The number of hydrogen-bond acceptors (Lipinski definition) is 5. The molecule has 26 heavy (non-hydrogen) atoms.